The number of carbonyl (C=O) groups excluding carboxylic acids is 2. The molecule has 0 aliphatic carbocycles. The van der Waals surface area contributed by atoms with Crippen molar-refractivity contribution in [2.24, 2.45) is 0 Å². The minimum Gasteiger partial charge on any atom is -0.465 e. The molecule has 0 unspecified atom stereocenters. The number of benzene rings is 2. The summed E-state index contributed by atoms with van der Waals surface area (Å²) < 4.78 is 6.80. The Kier molecular flexibility index (Phi) is 7.02. The van der Waals surface area contributed by atoms with Crippen LogP contribution in [0.25, 0.3) is 11.8 Å². The van der Waals surface area contributed by atoms with E-state index in [2.05, 4.69) is 23.1 Å². The fourth-order valence-corrected chi connectivity index (χ4v) is 4.47. The fraction of sp³-hybridized carbons (Fsp3) is 0.250. The number of anilines is 1. The minimum absolute atomic E-state index is 0.124. The molecular formula is C28H28N4O3. The lowest BCUT2D eigenvalue weighted by atomic mass is 10.1. The summed E-state index contributed by atoms with van der Waals surface area (Å²) >= 11 is 0. The van der Waals surface area contributed by atoms with Crippen LogP contribution in [0, 0.1) is 25.2 Å². The molecule has 1 aliphatic heterocycles. The van der Waals surface area contributed by atoms with E-state index in [0.29, 0.717) is 18.7 Å². The number of hydrogen-bond donors (Lipinski definition) is 0. The Bertz CT molecular complexity index is 1290. The maximum Gasteiger partial charge on any atom is 0.337 e. The molecule has 1 saturated heterocycles. The minimum atomic E-state index is -0.386. The van der Waals surface area contributed by atoms with Gasteiger partial charge in [-0.05, 0) is 68.0 Å². The van der Waals surface area contributed by atoms with Gasteiger partial charge in [0.1, 0.15) is 11.6 Å². The molecule has 7 heteroatoms. The molecule has 0 bridgehead atoms. The van der Waals surface area contributed by atoms with E-state index in [-0.39, 0.29) is 17.4 Å². The van der Waals surface area contributed by atoms with E-state index in [1.807, 2.05) is 54.8 Å². The molecule has 0 radical (unpaired) electrons. The lowest BCUT2D eigenvalue weighted by Gasteiger charge is -2.36. The molecule has 178 valence electrons. The summed E-state index contributed by atoms with van der Waals surface area (Å²) in [6.07, 6.45) is 1.67. The zero-order valence-electron chi connectivity index (χ0n) is 20.2. The number of ether oxygens (including phenoxy) is 1. The van der Waals surface area contributed by atoms with Gasteiger partial charge in [0, 0.05) is 48.9 Å². The number of carbonyl (C=O) groups is 2. The third-order valence-corrected chi connectivity index (χ3v) is 6.36. The molecular weight excluding hydrogens is 440 g/mol. The van der Waals surface area contributed by atoms with Gasteiger partial charge in [-0.25, -0.2) is 4.79 Å². The number of aryl methyl sites for hydroxylation is 1. The van der Waals surface area contributed by atoms with Crippen molar-refractivity contribution in [1.29, 1.82) is 5.26 Å². The van der Waals surface area contributed by atoms with E-state index in [4.69, 9.17) is 4.74 Å². The van der Waals surface area contributed by atoms with Gasteiger partial charge in [-0.2, -0.15) is 5.26 Å². The summed E-state index contributed by atoms with van der Waals surface area (Å²) in [5.41, 5.74) is 5.30. The third kappa shape index (κ3) is 4.97. The van der Waals surface area contributed by atoms with Crippen molar-refractivity contribution in [3.8, 4) is 11.8 Å². The molecule has 1 amide bonds. The highest BCUT2D eigenvalue weighted by Gasteiger charge is 2.24. The molecule has 4 rings (SSSR count). The van der Waals surface area contributed by atoms with E-state index in [1.54, 1.807) is 23.1 Å². The van der Waals surface area contributed by atoms with Crippen LogP contribution in [0.1, 0.15) is 27.3 Å². The van der Waals surface area contributed by atoms with Crippen molar-refractivity contribution in [3.63, 3.8) is 0 Å². The van der Waals surface area contributed by atoms with Crippen LogP contribution in [0.5, 0.6) is 0 Å². The first-order valence-corrected chi connectivity index (χ1v) is 11.5. The van der Waals surface area contributed by atoms with Crippen molar-refractivity contribution >= 4 is 23.6 Å². The first-order valence-electron chi connectivity index (χ1n) is 11.5. The Balaban J connectivity index is 1.52. The van der Waals surface area contributed by atoms with Crippen LogP contribution in [-0.4, -0.2) is 54.6 Å². The normalized spacial score (nSPS) is 13.9. The van der Waals surface area contributed by atoms with Gasteiger partial charge in [0.15, 0.2) is 0 Å². The zero-order valence-corrected chi connectivity index (χ0v) is 20.2. The summed E-state index contributed by atoms with van der Waals surface area (Å²) in [6.45, 7) is 6.51. The lowest BCUT2D eigenvalue weighted by molar-refractivity contribution is -0.126. The summed E-state index contributed by atoms with van der Waals surface area (Å²) in [5, 5.41) is 9.78. The quantitative estimate of drug-likeness (QED) is 0.320. The van der Waals surface area contributed by atoms with E-state index >= 15 is 0 Å². The number of hydrogen-bond acceptors (Lipinski definition) is 5. The number of esters is 1. The predicted octanol–water partition coefficient (Wildman–Crippen LogP) is 4.14. The second kappa shape index (κ2) is 10.3. The molecule has 0 saturated carbocycles. The lowest BCUT2D eigenvalue weighted by Crippen LogP contribution is -2.49. The number of amides is 1. The van der Waals surface area contributed by atoms with Crippen LogP contribution in [0.15, 0.2) is 66.2 Å². The molecule has 0 N–H and O–H groups in total. The molecule has 3 aromatic rings. The molecule has 7 nitrogen and oxygen atoms in total. The zero-order chi connectivity index (χ0) is 24.9. The summed E-state index contributed by atoms with van der Waals surface area (Å²) in [6, 6.07) is 21.3. The van der Waals surface area contributed by atoms with Crippen LogP contribution in [-0.2, 0) is 9.53 Å². The SMILES string of the molecule is COC(=O)c1ccc(-n2c(C)cc(/C=C(/C#N)C(=O)N3CCN(c4ccccc4)CC3)c2C)cc1. The molecule has 1 fully saturated rings. The summed E-state index contributed by atoms with van der Waals surface area (Å²) in [4.78, 5) is 28.9. The Morgan fingerprint density at radius 1 is 0.943 bits per heavy atom. The number of methoxy groups -OCH3 is 1. The number of rotatable bonds is 5. The Morgan fingerprint density at radius 3 is 2.20 bits per heavy atom. The van der Waals surface area contributed by atoms with Gasteiger partial charge < -0.3 is 19.1 Å². The van der Waals surface area contributed by atoms with Gasteiger partial charge in [-0.1, -0.05) is 18.2 Å². The number of para-hydroxylation sites is 1. The van der Waals surface area contributed by atoms with Crippen LogP contribution in [0.2, 0.25) is 0 Å². The van der Waals surface area contributed by atoms with E-state index in [9.17, 15) is 14.9 Å². The maximum absolute atomic E-state index is 13.1. The van der Waals surface area contributed by atoms with Gasteiger partial charge in [0.05, 0.1) is 12.7 Å². The van der Waals surface area contributed by atoms with E-state index in [0.717, 1.165) is 41.4 Å². The topological polar surface area (TPSA) is 78.6 Å². The third-order valence-electron chi connectivity index (χ3n) is 6.36. The smallest absolute Gasteiger partial charge is 0.337 e. The standard InChI is InChI=1S/C28H28N4O3/c1-20-17-23(21(2)32(20)26-11-9-22(10-12-26)28(34)35-3)18-24(19-29)27(33)31-15-13-30(14-16-31)25-7-5-4-6-8-25/h4-12,17-18H,13-16H2,1-3H3/b24-18-. The number of piperazine rings is 1. The van der Waals surface area contributed by atoms with Crippen molar-refractivity contribution < 1.29 is 14.3 Å². The average Bonchev–Trinajstić information content (AvgIpc) is 3.19. The Hall–Kier alpha value is -4.31. The van der Waals surface area contributed by atoms with Crippen LogP contribution >= 0.6 is 0 Å². The molecule has 1 aliphatic rings. The van der Waals surface area contributed by atoms with Gasteiger partial charge in [-0.3, -0.25) is 4.79 Å². The van der Waals surface area contributed by atoms with Crippen molar-refractivity contribution in [3.05, 3.63) is 88.8 Å². The summed E-state index contributed by atoms with van der Waals surface area (Å²) in [7, 11) is 1.35. The van der Waals surface area contributed by atoms with E-state index < -0.39 is 0 Å². The highest BCUT2D eigenvalue weighted by Crippen LogP contribution is 2.24. The van der Waals surface area contributed by atoms with Crippen molar-refractivity contribution in [2.75, 3.05) is 38.2 Å². The average molecular weight is 469 g/mol. The van der Waals surface area contributed by atoms with Crippen LogP contribution < -0.4 is 4.90 Å². The number of aromatic nitrogens is 1. The molecule has 0 spiro atoms. The molecule has 2 heterocycles. The first kappa shape index (κ1) is 23.8. The van der Waals surface area contributed by atoms with Crippen molar-refractivity contribution in [1.82, 2.24) is 9.47 Å². The largest absolute Gasteiger partial charge is 0.465 e. The first-order chi connectivity index (χ1) is 16.9. The monoisotopic (exact) mass is 468 g/mol. The Morgan fingerprint density at radius 2 is 1.60 bits per heavy atom. The van der Waals surface area contributed by atoms with Crippen molar-refractivity contribution in [2.45, 2.75) is 13.8 Å². The van der Waals surface area contributed by atoms with Gasteiger partial charge in [-0.15, -0.1) is 0 Å². The summed E-state index contributed by atoms with van der Waals surface area (Å²) in [5.74, 6) is -0.629. The fourth-order valence-electron chi connectivity index (χ4n) is 4.47. The molecule has 1 aromatic heterocycles. The van der Waals surface area contributed by atoms with Gasteiger partial charge in [0.2, 0.25) is 0 Å². The highest BCUT2D eigenvalue weighted by atomic mass is 16.5. The highest BCUT2D eigenvalue weighted by molar-refractivity contribution is 6.02. The van der Waals surface area contributed by atoms with Crippen LogP contribution in [0.3, 0.4) is 0 Å². The van der Waals surface area contributed by atoms with Gasteiger partial charge in [0.25, 0.3) is 5.91 Å². The second-order valence-corrected chi connectivity index (χ2v) is 8.48. The number of nitriles is 1. The van der Waals surface area contributed by atoms with E-state index in [1.165, 1.54) is 7.11 Å². The maximum atomic E-state index is 13.1. The Labute approximate surface area is 205 Å². The molecule has 0 atom stereocenters. The number of nitrogens with zero attached hydrogens (tertiary/aromatic N) is 4. The van der Waals surface area contributed by atoms with Crippen LogP contribution in [0.4, 0.5) is 5.69 Å². The second-order valence-electron chi connectivity index (χ2n) is 8.48. The molecule has 2 aromatic carbocycles. The predicted molar refractivity (Wildman–Crippen MR) is 135 cm³/mol. The molecule has 35 heavy (non-hydrogen) atoms. The van der Waals surface area contributed by atoms with Gasteiger partial charge >= 0.3 is 5.97 Å².